The van der Waals surface area contributed by atoms with Gasteiger partial charge in [0.1, 0.15) is 4.99 Å². The SMILES string of the molecule is NC(=O)CCCNC(=O)c1cccc(C(N)=S)c1. The summed E-state index contributed by atoms with van der Waals surface area (Å²) in [4.78, 5) is 22.5. The lowest BCUT2D eigenvalue weighted by atomic mass is 10.1. The quantitative estimate of drug-likeness (QED) is 0.509. The fraction of sp³-hybridized carbons (Fsp3) is 0.250. The van der Waals surface area contributed by atoms with Gasteiger partial charge in [0.25, 0.3) is 5.91 Å². The first-order chi connectivity index (χ1) is 8.50. The molecule has 18 heavy (non-hydrogen) atoms. The molecule has 0 radical (unpaired) electrons. The molecule has 2 amide bonds. The van der Waals surface area contributed by atoms with Gasteiger partial charge in [0.15, 0.2) is 0 Å². The molecule has 0 aromatic heterocycles. The molecular weight excluding hydrogens is 250 g/mol. The molecule has 5 N–H and O–H groups in total. The molecule has 6 heteroatoms. The number of carbonyl (C=O) groups excluding carboxylic acids is 2. The van der Waals surface area contributed by atoms with Gasteiger partial charge in [-0.2, -0.15) is 0 Å². The third-order valence-electron chi connectivity index (χ3n) is 2.29. The molecule has 1 rings (SSSR count). The summed E-state index contributed by atoms with van der Waals surface area (Å²) in [5.74, 6) is -0.600. The van der Waals surface area contributed by atoms with E-state index in [1.165, 1.54) is 0 Å². The van der Waals surface area contributed by atoms with Crippen LogP contribution in [0.5, 0.6) is 0 Å². The molecule has 0 atom stereocenters. The van der Waals surface area contributed by atoms with Gasteiger partial charge in [0.05, 0.1) is 0 Å². The van der Waals surface area contributed by atoms with Crippen LogP contribution in [0.3, 0.4) is 0 Å². The number of benzene rings is 1. The van der Waals surface area contributed by atoms with Crippen molar-refractivity contribution in [2.75, 3.05) is 6.54 Å². The topological polar surface area (TPSA) is 98.2 Å². The highest BCUT2D eigenvalue weighted by Crippen LogP contribution is 2.05. The van der Waals surface area contributed by atoms with Crippen molar-refractivity contribution in [1.82, 2.24) is 5.32 Å². The van der Waals surface area contributed by atoms with Gasteiger partial charge in [-0.3, -0.25) is 9.59 Å². The Morgan fingerprint density at radius 2 is 1.89 bits per heavy atom. The summed E-state index contributed by atoms with van der Waals surface area (Å²) >= 11 is 4.84. The predicted octanol–water partition coefficient (Wildman–Crippen LogP) is 0.316. The zero-order valence-electron chi connectivity index (χ0n) is 9.81. The standard InChI is InChI=1S/C12H15N3O2S/c13-10(16)5-2-6-15-12(17)9-4-1-3-8(7-9)11(14)18/h1,3-4,7H,2,5-6H2,(H2,13,16)(H2,14,18)(H,15,17). The Balaban J connectivity index is 2.53. The zero-order valence-corrected chi connectivity index (χ0v) is 10.6. The predicted molar refractivity (Wildman–Crippen MR) is 73.1 cm³/mol. The van der Waals surface area contributed by atoms with E-state index in [4.69, 9.17) is 23.7 Å². The van der Waals surface area contributed by atoms with Crippen molar-refractivity contribution in [2.45, 2.75) is 12.8 Å². The van der Waals surface area contributed by atoms with Crippen LogP contribution in [0, 0.1) is 0 Å². The van der Waals surface area contributed by atoms with Crippen molar-refractivity contribution in [3.8, 4) is 0 Å². The monoisotopic (exact) mass is 265 g/mol. The van der Waals surface area contributed by atoms with Crippen LogP contribution in [0.15, 0.2) is 24.3 Å². The Hall–Kier alpha value is -1.95. The van der Waals surface area contributed by atoms with Crippen LogP contribution in [0.4, 0.5) is 0 Å². The second-order valence-corrected chi connectivity index (χ2v) is 4.21. The Morgan fingerprint density at radius 3 is 2.50 bits per heavy atom. The summed E-state index contributed by atoms with van der Waals surface area (Å²) in [6.07, 6.45) is 0.781. The summed E-state index contributed by atoms with van der Waals surface area (Å²) in [5, 5.41) is 2.69. The van der Waals surface area contributed by atoms with Gasteiger partial charge in [-0.1, -0.05) is 24.4 Å². The van der Waals surface area contributed by atoms with Crippen molar-refractivity contribution in [3.05, 3.63) is 35.4 Å². The van der Waals surface area contributed by atoms with Gasteiger partial charge in [0.2, 0.25) is 5.91 Å². The van der Waals surface area contributed by atoms with Crippen LogP contribution in [0.1, 0.15) is 28.8 Å². The van der Waals surface area contributed by atoms with Crippen LogP contribution in [0.25, 0.3) is 0 Å². The third-order valence-corrected chi connectivity index (χ3v) is 2.53. The number of nitrogens with one attached hydrogen (secondary N) is 1. The zero-order chi connectivity index (χ0) is 13.5. The molecule has 0 aliphatic heterocycles. The molecule has 0 aliphatic rings. The van der Waals surface area contributed by atoms with Crippen LogP contribution < -0.4 is 16.8 Å². The maximum Gasteiger partial charge on any atom is 0.251 e. The largest absolute Gasteiger partial charge is 0.389 e. The minimum atomic E-state index is -0.375. The van der Waals surface area contributed by atoms with E-state index in [9.17, 15) is 9.59 Å². The van der Waals surface area contributed by atoms with Crippen molar-refractivity contribution < 1.29 is 9.59 Å². The van der Waals surface area contributed by atoms with Crippen molar-refractivity contribution >= 4 is 29.0 Å². The Morgan fingerprint density at radius 1 is 1.22 bits per heavy atom. The van der Waals surface area contributed by atoms with Gasteiger partial charge < -0.3 is 16.8 Å². The van der Waals surface area contributed by atoms with Gasteiger partial charge >= 0.3 is 0 Å². The Kier molecular flexibility index (Phi) is 5.26. The summed E-state index contributed by atoms with van der Waals surface area (Å²) in [5.41, 5.74) is 11.6. The van der Waals surface area contributed by atoms with Crippen molar-refractivity contribution in [2.24, 2.45) is 11.5 Å². The summed E-state index contributed by atoms with van der Waals surface area (Å²) in [6, 6.07) is 6.76. The van der Waals surface area contributed by atoms with Crippen molar-refractivity contribution in [3.63, 3.8) is 0 Å². The fourth-order valence-electron chi connectivity index (χ4n) is 1.38. The minimum Gasteiger partial charge on any atom is -0.389 e. The molecule has 5 nitrogen and oxygen atoms in total. The first-order valence-corrected chi connectivity index (χ1v) is 5.88. The second kappa shape index (κ2) is 6.70. The van der Waals surface area contributed by atoms with Crippen LogP contribution in [-0.4, -0.2) is 23.3 Å². The molecule has 0 saturated carbocycles. The lowest BCUT2D eigenvalue weighted by molar-refractivity contribution is -0.118. The second-order valence-electron chi connectivity index (χ2n) is 3.77. The highest BCUT2D eigenvalue weighted by Gasteiger charge is 2.06. The molecule has 0 unspecified atom stereocenters. The van der Waals surface area contributed by atoms with Gasteiger partial charge in [-0.05, 0) is 18.6 Å². The first-order valence-electron chi connectivity index (χ1n) is 5.47. The molecule has 0 heterocycles. The molecular formula is C12H15N3O2S. The first kappa shape index (κ1) is 14.1. The minimum absolute atomic E-state index is 0.224. The summed E-state index contributed by atoms with van der Waals surface area (Å²) in [7, 11) is 0. The van der Waals surface area contributed by atoms with Gasteiger partial charge in [-0.15, -0.1) is 0 Å². The smallest absolute Gasteiger partial charge is 0.251 e. The number of primary amides is 1. The van der Waals surface area contributed by atoms with Crippen LogP contribution in [-0.2, 0) is 4.79 Å². The number of thiocarbonyl (C=S) groups is 1. The number of amides is 2. The van der Waals surface area contributed by atoms with E-state index in [1.807, 2.05) is 0 Å². The average molecular weight is 265 g/mol. The van der Waals surface area contributed by atoms with E-state index in [-0.39, 0.29) is 23.2 Å². The summed E-state index contributed by atoms with van der Waals surface area (Å²) < 4.78 is 0. The number of carbonyl (C=O) groups is 2. The van der Waals surface area contributed by atoms with Crippen LogP contribution >= 0.6 is 12.2 Å². The number of nitrogens with two attached hydrogens (primary N) is 2. The molecule has 1 aromatic carbocycles. The molecule has 0 spiro atoms. The van der Waals surface area contributed by atoms with Gasteiger partial charge in [-0.25, -0.2) is 0 Å². The molecule has 0 aliphatic carbocycles. The van der Waals surface area contributed by atoms with Crippen molar-refractivity contribution in [1.29, 1.82) is 0 Å². The fourth-order valence-corrected chi connectivity index (χ4v) is 1.51. The summed E-state index contributed by atoms with van der Waals surface area (Å²) in [6.45, 7) is 0.402. The van der Waals surface area contributed by atoms with E-state index in [0.29, 0.717) is 24.1 Å². The third kappa shape index (κ3) is 4.50. The van der Waals surface area contributed by atoms with E-state index in [1.54, 1.807) is 24.3 Å². The number of hydrogen-bond donors (Lipinski definition) is 3. The maximum atomic E-state index is 11.8. The lowest BCUT2D eigenvalue weighted by Gasteiger charge is -2.05. The van der Waals surface area contributed by atoms with E-state index < -0.39 is 0 Å². The van der Waals surface area contributed by atoms with Crippen LogP contribution in [0.2, 0.25) is 0 Å². The average Bonchev–Trinajstić information content (AvgIpc) is 2.34. The molecule has 1 aromatic rings. The van der Waals surface area contributed by atoms with E-state index >= 15 is 0 Å². The highest BCUT2D eigenvalue weighted by molar-refractivity contribution is 7.80. The number of rotatable bonds is 6. The lowest BCUT2D eigenvalue weighted by Crippen LogP contribution is -2.26. The number of hydrogen-bond acceptors (Lipinski definition) is 3. The normalized spacial score (nSPS) is 9.78. The highest BCUT2D eigenvalue weighted by atomic mass is 32.1. The molecule has 0 bridgehead atoms. The Labute approximate surface area is 111 Å². The van der Waals surface area contributed by atoms with E-state index in [2.05, 4.69) is 5.32 Å². The molecule has 0 saturated heterocycles. The molecule has 96 valence electrons. The Bertz CT molecular complexity index is 474. The maximum absolute atomic E-state index is 11.8. The molecule has 0 fully saturated rings. The van der Waals surface area contributed by atoms with Gasteiger partial charge in [0, 0.05) is 24.1 Å². The van der Waals surface area contributed by atoms with E-state index in [0.717, 1.165) is 0 Å².